The lowest BCUT2D eigenvalue weighted by molar-refractivity contribution is 0.0935. The van der Waals surface area contributed by atoms with E-state index in [0.717, 1.165) is 50.3 Å². The first kappa shape index (κ1) is 24.8. The molecule has 0 spiro atoms. The van der Waals surface area contributed by atoms with Gasteiger partial charge in [0.2, 0.25) is 0 Å². The number of piperidine rings is 1. The molecule has 1 fully saturated rings. The lowest BCUT2D eigenvalue weighted by Gasteiger charge is -2.32. The van der Waals surface area contributed by atoms with Crippen LogP contribution >= 0.6 is 0 Å². The topological polar surface area (TPSA) is 90.6 Å². The van der Waals surface area contributed by atoms with E-state index < -0.39 is 6.23 Å². The highest BCUT2D eigenvalue weighted by Gasteiger charge is 2.20. The quantitative estimate of drug-likeness (QED) is 0.261. The van der Waals surface area contributed by atoms with Gasteiger partial charge in [0.1, 0.15) is 6.23 Å². The minimum atomic E-state index is -0.693. The Morgan fingerprint density at radius 3 is 2.34 bits per heavy atom. The van der Waals surface area contributed by atoms with Crippen molar-refractivity contribution in [1.29, 1.82) is 0 Å². The monoisotopic (exact) mass is 472 g/mol. The molecular formula is C29H36N4O2. The van der Waals surface area contributed by atoms with E-state index in [4.69, 9.17) is 5.73 Å². The fourth-order valence-electron chi connectivity index (χ4n) is 4.54. The lowest BCUT2D eigenvalue weighted by atomic mass is 9.96. The number of aryl methyl sites for hydroxylation is 1. The van der Waals surface area contributed by atoms with Crippen molar-refractivity contribution in [2.24, 2.45) is 5.92 Å². The van der Waals surface area contributed by atoms with Gasteiger partial charge in [0.05, 0.1) is 11.4 Å². The van der Waals surface area contributed by atoms with E-state index in [-0.39, 0.29) is 5.91 Å². The SMILES string of the molecule is Nc1ccccc1NC(O)CCc1ccc(C(=O)NCC2CCN(Cc3ccccc3)CC2)cc1. The molecule has 1 amide bonds. The highest BCUT2D eigenvalue weighted by Crippen LogP contribution is 2.20. The van der Waals surface area contributed by atoms with E-state index in [1.165, 1.54) is 5.56 Å². The third-order valence-electron chi connectivity index (χ3n) is 6.71. The minimum Gasteiger partial charge on any atom is -0.397 e. The summed E-state index contributed by atoms with van der Waals surface area (Å²) in [7, 11) is 0. The van der Waals surface area contributed by atoms with E-state index in [9.17, 15) is 9.90 Å². The van der Waals surface area contributed by atoms with Crippen LogP contribution in [0, 0.1) is 5.92 Å². The number of anilines is 2. The van der Waals surface area contributed by atoms with Crippen LogP contribution in [0.5, 0.6) is 0 Å². The summed E-state index contributed by atoms with van der Waals surface area (Å²) in [5, 5.41) is 16.4. The minimum absolute atomic E-state index is 0.0236. The molecule has 3 aromatic carbocycles. The number of benzene rings is 3. The molecule has 35 heavy (non-hydrogen) atoms. The fourth-order valence-corrected chi connectivity index (χ4v) is 4.54. The zero-order valence-corrected chi connectivity index (χ0v) is 20.2. The number of para-hydroxylation sites is 2. The van der Waals surface area contributed by atoms with Gasteiger partial charge in [0, 0.05) is 18.7 Å². The van der Waals surface area contributed by atoms with Gasteiger partial charge >= 0.3 is 0 Å². The van der Waals surface area contributed by atoms with Crippen LogP contribution in [-0.4, -0.2) is 41.8 Å². The van der Waals surface area contributed by atoms with Crippen LogP contribution < -0.4 is 16.4 Å². The van der Waals surface area contributed by atoms with Crippen molar-refractivity contribution in [3.63, 3.8) is 0 Å². The second-order valence-corrected chi connectivity index (χ2v) is 9.40. The summed E-state index contributed by atoms with van der Waals surface area (Å²) in [6.45, 7) is 3.86. The molecular weight excluding hydrogens is 436 g/mol. The summed E-state index contributed by atoms with van der Waals surface area (Å²) in [5.41, 5.74) is 10.4. The van der Waals surface area contributed by atoms with Crippen LogP contribution in [0.3, 0.4) is 0 Å². The maximum atomic E-state index is 12.6. The first-order chi connectivity index (χ1) is 17.1. The molecule has 0 saturated carbocycles. The Kier molecular flexibility index (Phi) is 8.76. The third-order valence-corrected chi connectivity index (χ3v) is 6.71. The van der Waals surface area contributed by atoms with Gasteiger partial charge in [0.15, 0.2) is 0 Å². The molecule has 0 radical (unpaired) electrons. The standard InChI is InChI=1S/C29H36N4O2/c30-26-8-4-5-9-27(26)32-28(34)15-12-22-10-13-25(14-11-22)29(35)31-20-23-16-18-33(19-17-23)21-24-6-2-1-3-7-24/h1-11,13-14,23,28,32,34H,12,15-21,30H2,(H,31,35). The van der Waals surface area contributed by atoms with Gasteiger partial charge in [-0.2, -0.15) is 0 Å². The van der Waals surface area contributed by atoms with Crippen LogP contribution in [0.25, 0.3) is 0 Å². The van der Waals surface area contributed by atoms with Crippen molar-refractivity contribution in [2.45, 2.75) is 38.5 Å². The lowest BCUT2D eigenvalue weighted by Crippen LogP contribution is -2.38. The Balaban J connectivity index is 1.16. The molecule has 1 saturated heterocycles. The van der Waals surface area contributed by atoms with Gasteiger partial charge < -0.3 is 21.5 Å². The zero-order chi connectivity index (χ0) is 24.5. The van der Waals surface area contributed by atoms with Crippen LogP contribution in [0.15, 0.2) is 78.9 Å². The van der Waals surface area contributed by atoms with Crippen LogP contribution in [0.1, 0.15) is 40.7 Å². The van der Waals surface area contributed by atoms with Gasteiger partial charge in [-0.3, -0.25) is 9.69 Å². The number of aliphatic hydroxyl groups is 1. The molecule has 5 N–H and O–H groups in total. The highest BCUT2D eigenvalue weighted by atomic mass is 16.3. The molecule has 1 atom stereocenters. The zero-order valence-electron chi connectivity index (χ0n) is 20.2. The molecule has 0 aliphatic carbocycles. The molecule has 184 valence electrons. The second kappa shape index (κ2) is 12.4. The fraction of sp³-hybridized carbons (Fsp3) is 0.345. The number of rotatable bonds is 10. The number of hydrogen-bond acceptors (Lipinski definition) is 5. The van der Waals surface area contributed by atoms with Gasteiger partial charge in [-0.05, 0) is 80.1 Å². The maximum Gasteiger partial charge on any atom is 0.251 e. The van der Waals surface area contributed by atoms with E-state index in [2.05, 4.69) is 45.9 Å². The second-order valence-electron chi connectivity index (χ2n) is 9.40. The number of likely N-dealkylation sites (tertiary alicyclic amines) is 1. The molecule has 6 nitrogen and oxygen atoms in total. The molecule has 4 rings (SSSR count). The van der Waals surface area contributed by atoms with E-state index in [0.29, 0.717) is 30.0 Å². The summed E-state index contributed by atoms with van der Waals surface area (Å²) in [4.78, 5) is 15.1. The van der Waals surface area contributed by atoms with Gasteiger partial charge in [-0.1, -0.05) is 54.6 Å². The normalized spacial score (nSPS) is 15.5. The molecule has 1 unspecified atom stereocenters. The Labute approximate surface area is 208 Å². The summed E-state index contributed by atoms with van der Waals surface area (Å²) in [5.74, 6) is 0.502. The Morgan fingerprint density at radius 1 is 0.943 bits per heavy atom. The van der Waals surface area contributed by atoms with E-state index >= 15 is 0 Å². The Bertz CT molecular complexity index is 1060. The number of nitrogens with one attached hydrogen (secondary N) is 2. The number of carbonyl (C=O) groups excluding carboxylic acids is 1. The molecule has 0 bridgehead atoms. The number of carbonyl (C=O) groups is 1. The first-order valence-electron chi connectivity index (χ1n) is 12.5. The summed E-state index contributed by atoms with van der Waals surface area (Å²) >= 11 is 0. The maximum absolute atomic E-state index is 12.6. The van der Waals surface area contributed by atoms with Crippen molar-refractivity contribution in [1.82, 2.24) is 10.2 Å². The van der Waals surface area contributed by atoms with Crippen molar-refractivity contribution in [3.05, 3.63) is 95.6 Å². The van der Waals surface area contributed by atoms with E-state index in [1.807, 2.05) is 42.5 Å². The molecule has 3 aromatic rings. The number of aliphatic hydroxyl groups excluding tert-OH is 1. The van der Waals surface area contributed by atoms with E-state index in [1.54, 1.807) is 6.07 Å². The number of nitrogens with zero attached hydrogens (tertiary/aromatic N) is 1. The summed E-state index contributed by atoms with van der Waals surface area (Å²) < 4.78 is 0. The molecule has 1 heterocycles. The van der Waals surface area contributed by atoms with Gasteiger partial charge in [-0.15, -0.1) is 0 Å². The number of amides is 1. The summed E-state index contributed by atoms with van der Waals surface area (Å²) in [6.07, 6.45) is 2.77. The number of nitrogen functional groups attached to an aromatic ring is 1. The van der Waals surface area contributed by atoms with Crippen LogP contribution in [-0.2, 0) is 13.0 Å². The number of hydrogen-bond donors (Lipinski definition) is 4. The van der Waals surface area contributed by atoms with Crippen molar-refractivity contribution in [3.8, 4) is 0 Å². The average Bonchev–Trinajstić information content (AvgIpc) is 2.89. The molecule has 1 aliphatic rings. The van der Waals surface area contributed by atoms with Crippen LogP contribution in [0.2, 0.25) is 0 Å². The Morgan fingerprint density at radius 2 is 1.63 bits per heavy atom. The average molecular weight is 473 g/mol. The Hall–Kier alpha value is -3.35. The van der Waals surface area contributed by atoms with Crippen molar-refractivity contribution < 1.29 is 9.90 Å². The third kappa shape index (κ3) is 7.57. The van der Waals surface area contributed by atoms with Crippen molar-refractivity contribution >= 4 is 17.3 Å². The number of nitrogens with two attached hydrogens (primary N) is 1. The highest BCUT2D eigenvalue weighted by molar-refractivity contribution is 5.94. The van der Waals surface area contributed by atoms with Gasteiger partial charge in [0.25, 0.3) is 5.91 Å². The molecule has 6 heteroatoms. The molecule has 1 aliphatic heterocycles. The largest absolute Gasteiger partial charge is 0.397 e. The first-order valence-corrected chi connectivity index (χ1v) is 12.5. The predicted molar refractivity (Wildman–Crippen MR) is 142 cm³/mol. The summed E-state index contributed by atoms with van der Waals surface area (Å²) in [6, 6.07) is 25.6. The van der Waals surface area contributed by atoms with Crippen molar-refractivity contribution in [2.75, 3.05) is 30.7 Å². The predicted octanol–water partition coefficient (Wildman–Crippen LogP) is 4.27. The molecule has 0 aromatic heterocycles. The van der Waals surface area contributed by atoms with Gasteiger partial charge in [-0.25, -0.2) is 0 Å². The smallest absolute Gasteiger partial charge is 0.251 e. The van der Waals surface area contributed by atoms with Crippen LogP contribution in [0.4, 0.5) is 11.4 Å².